The first-order valence-electron chi connectivity index (χ1n) is 6.63. The van der Waals surface area contributed by atoms with Gasteiger partial charge in [-0.1, -0.05) is 36.3 Å². The summed E-state index contributed by atoms with van der Waals surface area (Å²) in [6, 6.07) is 6.72. The maximum atomic E-state index is 12.5. The summed E-state index contributed by atoms with van der Waals surface area (Å²) in [5.41, 5.74) is 1.26. The Hall–Kier alpha value is -3.03. The molecule has 1 aromatic heterocycles. The number of carbonyl (C=O) groups is 2. The molecular weight excluding hydrogens is 288 g/mol. The van der Waals surface area contributed by atoms with Crippen LogP contribution in [0.2, 0.25) is 0 Å². The maximum Gasteiger partial charge on any atom is 0.334 e. The minimum Gasteiger partial charge on any atom is -0.571 e. The molecule has 2 aromatic rings. The largest absolute Gasteiger partial charge is 0.571 e. The predicted molar refractivity (Wildman–Crippen MR) is 74.1 cm³/mol. The van der Waals surface area contributed by atoms with Crippen LogP contribution in [0.25, 0.3) is 0 Å². The first-order chi connectivity index (χ1) is 10.5. The van der Waals surface area contributed by atoms with Crippen LogP contribution in [0.1, 0.15) is 40.7 Å². The summed E-state index contributed by atoms with van der Waals surface area (Å²) in [4.78, 5) is 28.9. The number of hydrogen-bond acceptors (Lipinski definition) is 6. The zero-order chi connectivity index (χ0) is 15.9. The number of aromatic nitrogens is 3. The molecule has 3 rings (SSSR count). The van der Waals surface area contributed by atoms with Gasteiger partial charge < -0.3 is 10.0 Å². The number of carbonyl (C=O) groups excluding carboxylic acids is 2. The van der Waals surface area contributed by atoms with E-state index in [1.165, 1.54) is 7.05 Å². The Balaban J connectivity index is 2.22. The Kier molecular flexibility index (Phi) is 3.21. The number of fused-ring (bicyclic) bond motifs is 2. The SMILES string of the molecule is CCC(=O)O/N=C1/c2ccccc2C(=O)c2c1n[n+]([O-])n2C. The smallest absolute Gasteiger partial charge is 0.334 e. The standard InChI is InChI=1S/C14H12N4O4/c1-3-10(19)22-16-11-8-6-4-5-7-9(8)14(20)13-12(11)15-18(21)17(13)2/h4-7H,3H2,1-2H3/b16-11-. The van der Waals surface area contributed by atoms with E-state index in [0.29, 0.717) is 16.1 Å². The van der Waals surface area contributed by atoms with Gasteiger partial charge in [0.25, 0.3) is 0 Å². The van der Waals surface area contributed by atoms with Gasteiger partial charge in [0.15, 0.2) is 11.4 Å². The summed E-state index contributed by atoms with van der Waals surface area (Å²) in [5.74, 6) is -0.842. The molecule has 0 radical (unpaired) electrons. The lowest BCUT2D eigenvalue weighted by Gasteiger charge is -2.13. The molecule has 8 nitrogen and oxygen atoms in total. The van der Waals surface area contributed by atoms with Crippen LogP contribution in [-0.4, -0.2) is 27.2 Å². The molecule has 0 N–H and O–H groups in total. The monoisotopic (exact) mass is 300 g/mol. The molecule has 1 aromatic carbocycles. The van der Waals surface area contributed by atoms with Crippen molar-refractivity contribution in [3.63, 3.8) is 0 Å². The lowest BCUT2D eigenvalue weighted by Crippen LogP contribution is -2.39. The van der Waals surface area contributed by atoms with E-state index in [0.717, 1.165) is 4.68 Å². The van der Waals surface area contributed by atoms with Crippen LogP contribution in [0.5, 0.6) is 0 Å². The topological polar surface area (TPSA) is 100 Å². The summed E-state index contributed by atoms with van der Waals surface area (Å²) in [5, 5.41) is 19.3. The van der Waals surface area contributed by atoms with Gasteiger partial charge in [-0.05, 0) is 0 Å². The van der Waals surface area contributed by atoms with E-state index in [9.17, 15) is 14.8 Å². The minimum absolute atomic E-state index is 0.102. The minimum atomic E-state index is -0.519. The first-order valence-corrected chi connectivity index (χ1v) is 6.63. The van der Waals surface area contributed by atoms with Crippen molar-refractivity contribution >= 4 is 17.5 Å². The van der Waals surface area contributed by atoms with Crippen molar-refractivity contribution in [3.8, 4) is 0 Å². The van der Waals surface area contributed by atoms with Crippen molar-refractivity contribution in [1.82, 2.24) is 9.78 Å². The zero-order valence-electron chi connectivity index (χ0n) is 11.9. The van der Waals surface area contributed by atoms with Gasteiger partial charge in [-0.15, -0.1) is 4.68 Å². The molecule has 0 atom stereocenters. The van der Waals surface area contributed by atoms with Crippen LogP contribution in [0.15, 0.2) is 29.4 Å². The second kappa shape index (κ2) is 5.06. The molecule has 0 saturated carbocycles. The van der Waals surface area contributed by atoms with Gasteiger partial charge in [-0.25, -0.2) is 4.79 Å². The van der Waals surface area contributed by atoms with Crippen LogP contribution in [0.3, 0.4) is 0 Å². The van der Waals surface area contributed by atoms with Gasteiger partial charge in [0.2, 0.25) is 5.78 Å². The van der Waals surface area contributed by atoms with Crippen LogP contribution in [0.4, 0.5) is 0 Å². The van der Waals surface area contributed by atoms with Crippen LogP contribution in [-0.2, 0) is 16.7 Å². The summed E-state index contributed by atoms with van der Waals surface area (Å²) in [7, 11) is 1.43. The van der Waals surface area contributed by atoms with E-state index in [1.807, 2.05) is 0 Å². The summed E-state index contributed by atoms with van der Waals surface area (Å²) < 4.78 is 1.09. The molecule has 0 bridgehead atoms. The zero-order valence-corrected chi connectivity index (χ0v) is 11.9. The maximum absolute atomic E-state index is 12.5. The molecule has 0 spiro atoms. The molecule has 0 unspecified atom stereocenters. The molecule has 0 fully saturated rings. The number of nitrogens with zero attached hydrogens (tertiary/aromatic N) is 4. The number of benzene rings is 1. The van der Waals surface area contributed by atoms with Gasteiger partial charge in [-0.3, -0.25) is 4.79 Å². The highest BCUT2D eigenvalue weighted by Crippen LogP contribution is 2.25. The summed E-state index contributed by atoms with van der Waals surface area (Å²) >= 11 is 0. The fraction of sp³-hybridized carbons (Fsp3) is 0.214. The Bertz CT molecular complexity index is 822. The van der Waals surface area contributed by atoms with E-state index in [-0.39, 0.29) is 29.3 Å². The third-order valence-electron chi connectivity index (χ3n) is 3.38. The second-order valence-corrected chi connectivity index (χ2v) is 4.71. The van der Waals surface area contributed by atoms with E-state index < -0.39 is 5.97 Å². The quantitative estimate of drug-likeness (QED) is 0.293. The van der Waals surface area contributed by atoms with Crippen molar-refractivity contribution in [3.05, 3.63) is 52.0 Å². The Labute approximate surface area is 125 Å². The lowest BCUT2D eigenvalue weighted by atomic mass is 9.89. The van der Waals surface area contributed by atoms with E-state index in [1.54, 1.807) is 31.2 Å². The second-order valence-electron chi connectivity index (χ2n) is 4.71. The van der Waals surface area contributed by atoms with Crippen LogP contribution >= 0.6 is 0 Å². The van der Waals surface area contributed by atoms with E-state index in [4.69, 9.17) is 4.84 Å². The Morgan fingerprint density at radius 3 is 2.77 bits per heavy atom. The predicted octanol–water partition coefficient (Wildman–Crippen LogP) is 0.303. The fourth-order valence-corrected chi connectivity index (χ4v) is 2.25. The van der Waals surface area contributed by atoms with Gasteiger partial charge in [-0.2, -0.15) is 0 Å². The highest BCUT2D eigenvalue weighted by atomic mass is 16.7. The number of ketones is 1. The van der Waals surface area contributed by atoms with E-state index in [2.05, 4.69) is 10.3 Å². The average molecular weight is 300 g/mol. The van der Waals surface area contributed by atoms with Crippen LogP contribution < -0.4 is 4.96 Å². The van der Waals surface area contributed by atoms with Gasteiger partial charge in [0, 0.05) is 27.6 Å². The molecule has 1 heterocycles. The van der Waals surface area contributed by atoms with Crippen molar-refractivity contribution in [2.24, 2.45) is 12.2 Å². The molecule has 0 aliphatic heterocycles. The van der Waals surface area contributed by atoms with Gasteiger partial charge >= 0.3 is 5.97 Å². The molecule has 112 valence electrons. The Morgan fingerprint density at radius 1 is 1.41 bits per heavy atom. The average Bonchev–Trinajstić information content (AvgIpc) is 2.82. The van der Waals surface area contributed by atoms with Gasteiger partial charge in [0.1, 0.15) is 5.71 Å². The van der Waals surface area contributed by atoms with Gasteiger partial charge in [0.05, 0.1) is 7.05 Å². The number of rotatable bonds is 2. The molecule has 1 aliphatic rings. The molecule has 22 heavy (non-hydrogen) atoms. The van der Waals surface area contributed by atoms with Crippen molar-refractivity contribution in [2.45, 2.75) is 13.3 Å². The summed E-state index contributed by atoms with van der Waals surface area (Å²) in [6.07, 6.45) is 0.161. The molecule has 8 heteroatoms. The summed E-state index contributed by atoms with van der Waals surface area (Å²) in [6.45, 7) is 1.64. The highest BCUT2D eigenvalue weighted by molar-refractivity contribution is 6.28. The lowest BCUT2D eigenvalue weighted by molar-refractivity contribution is -0.747. The van der Waals surface area contributed by atoms with Crippen LogP contribution in [0, 0.1) is 5.21 Å². The fourth-order valence-electron chi connectivity index (χ4n) is 2.25. The third kappa shape index (κ3) is 1.96. The first kappa shape index (κ1) is 13.9. The molecule has 1 aliphatic carbocycles. The third-order valence-corrected chi connectivity index (χ3v) is 3.38. The molecule has 0 saturated heterocycles. The Morgan fingerprint density at radius 2 is 2.09 bits per heavy atom. The van der Waals surface area contributed by atoms with Crippen molar-refractivity contribution in [2.75, 3.05) is 0 Å². The van der Waals surface area contributed by atoms with Crippen molar-refractivity contribution < 1.29 is 19.4 Å². The normalized spacial score (nSPS) is 14.6. The number of hydrogen-bond donors (Lipinski definition) is 0. The number of oxime groups is 1. The molecule has 0 amide bonds. The highest BCUT2D eigenvalue weighted by Gasteiger charge is 2.37. The van der Waals surface area contributed by atoms with E-state index >= 15 is 0 Å². The molecular formula is C14H12N4O4. The van der Waals surface area contributed by atoms with Crippen molar-refractivity contribution in [1.29, 1.82) is 0 Å².